The van der Waals surface area contributed by atoms with E-state index in [0.29, 0.717) is 33.9 Å². The zero-order chi connectivity index (χ0) is 28.2. The number of aryl methyl sites for hydroxylation is 2. The van der Waals surface area contributed by atoms with Crippen molar-refractivity contribution in [3.63, 3.8) is 0 Å². The molecule has 0 unspecified atom stereocenters. The van der Waals surface area contributed by atoms with Crippen LogP contribution in [-0.4, -0.2) is 57.5 Å². The first-order chi connectivity index (χ1) is 19.4. The molecule has 0 aliphatic heterocycles. The number of nitrogens with one attached hydrogen (secondary N) is 2. The topological polar surface area (TPSA) is 82.6 Å². The van der Waals surface area contributed by atoms with Gasteiger partial charge in [-0.05, 0) is 93.5 Å². The number of aromatic nitrogens is 5. The number of halogens is 1. The van der Waals surface area contributed by atoms with Crippen LogP contribution in [0, 0.1) is 5.82 Å². The van der Waals surface area contributed by atoms with Crippen molar-refractivity contribution in [3.8, 4) is 22.5 Å². The molecular weight excluding hydrogens is 501 g/mol. The molecule has 0 spiro atoms. The van der Waals surface area contributed by atoms with Gasteiger partial charge in [-0.15, -0.1) is 0 Å². The minimum atomic E-state index is -0.280. The van der Waals surface area contributed by atoms with E-state index in [2.05, 4.69) is 44.7 Å². The largest absolute Gasteiger partial charge is 0.386 e. The summed E-state index contributed by atoms with van der Waals surface area (Å²) in [4.78, 5) is 24.3. The summed E-state index contributed by atoms with van der Waals surface area (Å²) in [6, 6.07) is 13.1. The zero-order valence-corrected chi connectivity index (χ0v) is 23.4. The fraction of sp³-hybridized carbons (Fsp3) is 0.250. The Balaban J connectivity index is 1.52. The molecule has 0 fully saturated rings. The molecule has 0 radical (unpaired) electrons. The maximum atomic E-state index is 14.7. The van der Waals surface area contributed by atoms with Crippen molar-refractivity contribution in [2.24, 2.45) is 0 Å². The van der Waals surface area contributed by atoms with E-state index in [1.165, 1.54) is 6.07 Å². The molecule has 5 aromatic rings. The van der Waals surface area contributed by atoms with Crippen molar-refractivity contribution in [1.29, 1.82) is 0 Å². The SMILES string of the molecule is C=C(c1nc2c(-c3cc(F)cc(CCCN(C)C)c3)nccc2[nH]1)c1nc(-c2cncc(CC)c2)ccc1NC. The lowest BCUT2D eigenvalue weighted by Gasteiger charge is -2.12. The van der Waals surface area contributed by atoms with Crippen molar-refractivity contribution >= 4 is 22.3 Å². The zero-order valence-electron chi connectivity index (χ0n) is 23.4. The number of nitrogens with zero attached hydrogens (tertiary/aromatic N) is 5. The van der Waals surface area contributed by atoms with E-state index in [-0.39, 0.29) is 5.82 Å². The quantitative estimate of drug-likeness (QED) is 0.216. The fourth-order valence-electron chi connectivity index (χ4n) is 4.81. The van der Waals surface area contributed by atoms with Gasteiger partial charge in [0.05, 0.1) is 28.3 Å². The molecule has 0 aliphatic carbocycles. The molecule has 0 saturated heterocycles. The number of rotatable bonds is 10. The number of anilines is 1. The lowest BCUT2D eigenvalue weighted by Crippen LogP contribution is -2.13. The highest BCUT2D eigenvalue weighted by molar-refractivity contribution is 5.92. The Kier molecular flexibility index (Phi) is 7.98. The number of pyridine rings is 3. The molecular formula is C32H34FN7. The van der Waals surface area contributed by atoms with E-state index in [0.717, 1.165) is 59.4 Å². The summed E-state index contributed by atoms with van der Waals surface area (Å²) >= 11 is 0. The van der Waals surface area contributed by atoms with Crippen LogP contribution >= 0.6 is 0 Å². The highest BCUT2D eigenvalue weighted by Gasteiger charge is 2.18. The number of hydrogen-bond donors (Lipinski definition) is 2. The maximum Gasteiger partial charge on any atom is 0.140 e. The van der Waals surface area contributed by atoms with Gasteiger partial charge in [-0.2, -0.15) is 0 Å². The second-order valence-corrected chi connectivity index (χ2v) is 10.2. The van der Waals surface area contributed by atoms with E-state index >= 15 is 0 Å². The van der Waals surface area contributed by atoms with Crippen LogP contribution in [0.3, 0.4) is 0 Å². The van der Waals surface area contributed by atoms with Crippen molar-refractivity contribution in [1.82, 2.24) is 29.8 Å². The van der Waals surface area contributed by atoms with E-state index < -0.39 is 0 Å². The van der Waals surface area contributed by atoms with E-state index in [1.807, 2.05) is 57.8 Å². The van der Waals surface area contributed by atoms with Crippen molar-refractivity contribution in [2.75, 3.05) is 33.0 Å². The van der Waals surface area contributed by atoms with Crippen LogP contribution in [0.2, 0.25) is 0 Å². The molecule has 204 valence electrons. The maximum absolute atomic E-state index is 14.7. The molecule has 4 heterocycles. The van der Waals surface area contributed by atoms with Crippen LogP contribution in [0.25, 0.3) is 39.1 Å². The third-order valence-electron chi connectivity index (χ3n) is 6.94. The molecule has 4 aromatic heterocycles. The average molecular weight is 536 g/mol. The second kappa shape index (κ2) is 11.8. The van der Waals surface area contributed by atoms with Gasteiger partial charge in [0.1, 0.15) is 17.2 Å². The van der Waals surface area contributed by atoms with Crippen LogP contribution in [0.4, 0.5) is 10.1 Å². The van der Waals surface area contributed by atoms with Gasteiger partial charge < -0.3 is 15.2 Å². The van der Waals surface area contributed by atoms with E-state index in [1.54, 1.807) is 12.3 Å². The molecule has 0 bridgehead atoms. The Morgan fingerprint density at radius 3 is 2.62 bits per heavy atom. The highest BCUT2D eigenvalue weighted by Crippen LogP contribution is 2.32. The molecule has 0 amide bonds. The van der Waals surface area contributed by atoms with Crippen LogP contribution < -0.4 is 5.32 Å². The monoisotopic (exact) mass is 535 g/mol. The van der Waals surface area contributed by atoms with Gasteiger partial charge in [0.25, 0.3) is 0 Å². The van der Waals surface area contributed by atoms with Crippen molar-refractivity contribution in [3.05, 3.63) is 96.1 Å². The summed E-state index contributed by atoms with van der Waals surface area (Å²) in [7, 11) is 5.93. The minimum absolute atomic E-state index is 0.280. The number of H-pyrrole nitrogens is 1. The molecule has 40 heavy (non-hydrogen) atoms. The molecule has 0 atom stereocenters. The molecule has 5 rings (SSSR count). The number of aromatic amines is 1. The first-order valence-electron chi connectivity index (χ1n) is 13.5. The van der Waals surface area contributed by atoms with Gasteiger partial charge in [-0.3, -0.25) is 9.97 Å². The average Bonchev–Trinajstić information content (AvgIpc) is 3.40. The molecule has 7 nitrogen and oxygen atoms in total. The minimum Gasteiger partial charge on any atom is -0.386 e. The summed E-state index contributed by atoms with van der Waals surface area (Å²) in [6.45, 7) is 7.39. The van der Waals surface area contributed by atoms with Crippen molar-refractivity contribution < 1.29 is 4.39 Å². The van der Waals surface area contributed by atoms with Gasteiger partial charge in [0.15, 0.2) is 0 Å². The number of hydrogen-bond acceptors (Lipinski definition) is 6. The summed E-state index contributed by atoms with van der Waals surface area (Å²) in [5.41, 5.74) is 8.77. The third kappa shape index (κ3) is 5.77. The van der Waals surface area contributed by atoms with Gasteiger partial charge >= 0.3 is 0 Å². The van der Waals surface area contributed by atoms with Crippen LogP contribution in [0.15, 0.2) is 67.6 Å². The molecule has 0 aliphatic rings. The van der Waals surface area contributed by atoms with Crippen LogP contribution in [-0.2, 0) is 12.8 Å². The number of imidazole rings is 1. The Morgan fingerprint density at radius 1 is 1.02 bits per heavy atom. The predicted octanol–water partition coefficient (Wildman–Crippen LogP) is 6.38. The van der Waals surface area contributed by atoms with E-state index in [9.17, 15) is 4.39 Å². The summed E-state index contributed by atoms with van der Waals surface area (Å²) < 4.78 is 14.7. The number of benzene rings is 1. The standard InChI is InChI=1S/C32H34FN7/c1-6-21-14-24(19-35-18-21)26-9-10-27(34-3)29(37-26)20(2)32-38-28-11-12-36-30(31(28)39-32)23-15-22(16-25(33)17-23)8-7-13-40(4)5/h9-12,14-19,34H,2,6-8,13H2,1,3-5H3,(H,38,39). The Hall–Kier alpha value is -4.43. The van der Waals surface area contributed by atoms with Crippen molar-refractivity contribution in [2.45, 2.75) is 26.2 Å². The second-order valence-electron chi connectivity index (χ2n) is 10.2. The Morgan fingerprint density at radius 2 is 1.85 bits per heavy atom. The molecule has 8 heteroatoms. The highest BCUT2D eigenvalue weighted by atomic mass is 19.1. The molecule has 2 N–H and O–H groups in total. The van der Waals surface area contributed by atoms with Gasteiger partial charge in [0.2, 0.25) is 0 Å². The summed E-state index contributed by atoms with van der Waals surface area (Å²) in [6.07, 6.45) is 8.03. The number of fused-ring (bicyclic) bond motifs is 1. The lowest BCUT2D eigenvalue weighted by atomic mass is 10.0. The fourth-order valence-corrected chi connectivity index (χ4v) is 4.81. The predicted molar refractivity (Wildman–Crippen MR) is 161 cm³/mol. The first-order valence-corrected chi connectivity index (χ1v) is 13.5. The summed E-state index contributed by atoms with van der Waals surface area (Å²) in [5.74, 6) is 0.297. The summed E-state index contributed by atoms with van der Waals surface area (Å²) in [5, 5.41) is 3.22. The van der Waals surface area contributed by atoms with Crippen LogP contribution in [0.5, 0.6) is 0 Å². The molecule has 1 aromatic carbocycles. The normalized spacial score (nSPS) is 11.3. The van der Waals surface area contributed by atoms with Gasteiger partial charge in [-0.25, -0.2) is 14.4 Å². The Bertz CT molecular complexity index is 1670. The van der Waals surface area contributed by atoms with Crippen LogP contribution in [0.1, 0.15) is 36.0 Å². The Labute approximate surface area is 234 Å². The third-order valence-corrected chi connectivity index (χ3v) is 6.94. The van der Waals surface area contributed by atoms with Gasteiger partial charge in [0, 0.05) is 42.3 Å². The van der Waals surface area contributed by atoms with Gasteiger partial charge in [-0.1, -0.05) is 13.5 Å². The molecule has 0 saturated carbocycles. The smallest absolute Gasteiger partial charge is 0.140 e. The lowest BCUT2D eigenvalue weighted by molar-refractivity contribution is 0.400. The first kappa shape index (κ1) is 27.1. The van der Waals surface area contributed by atoms with E-state index in [4.69, 9.17) is 9.97 Å².